The maximum absolute atomic E-state index is 12.5. The molecule has 0 aliphatic carbocycles. The fourth-order valence-electron chi connectivity index (χ4n) is 1.85. The van der Waals surface area contributed by atoms with Gasteiger partial charge in [-0.15, -0.1) is 0 Å². The average molecular weight is 338 g/mol. The molecule has 6 heteroatoms. The quantitative estimate of drug-likeness (QED) is 0.767. The minimum absolute atomic E-state index is 0.0192. The normalized spacial score (nSPS) is 11.5. The predicted molar refractivity (Wildman–Crippen MR) is 71.7 cm³/mol. The molecule has 0 radical (unpaired) electrons. The molecule has 0 unspecified atom stereocenters. The van der Waals surface area contributed by atoms with E-state index in [0.717, 1.165) is 16.0 Å². The Balaban J connectivity index is 2.98. The van der Waals surface area contributed by atoms with Gasteiger partial charge in [-0.3, -0.25) is 4.79 Å². The molecule has 1 aromatic carbocycles. The van der Waals surface area contributed by atoms with Crippen molar-refractivity contribution in [2.75, 3.05) is 18.4 Å². The molecule has 19 heavy (non-hydrogen) atoms. The fourth-order valence-corrected chi connectivity index (χ4v) is 2.28. The van der Waals surface area contributed by atoms with E-state index in [1.54, 1.807) is 12.1 Å². The summed E-state index contributed by atoms with van der Waals surface area (Å²) in [5.74, 6) is -0.594. The smallest absolute Gasteiger partial charge is 0.329 e. The lowest BCUT2D eigenvalue weighted by atomic mass is 10.1. The Kier molecular flexibility index (Phi) is 5.40. The van der Waals surface area contributed by atoms with Gasteiger partial charge in [0.25, 0.3) is 5.91 Å². The van der Waals surface area contributed by atoms with E-state index in [2.05, 4.69) is 15.9 Å². The number of carbonyl (C=O) groups excluding carboxylic acids is 1. The highest BCUT2D eigenvalue weighted by atomic mass is 79.9. The molecular weight excluding hydrogens is 323 g/mol. The molecule has 0 atom stereocenters. The highest BCUT2D eigenvalue weighted by Crippen LogP contribution is 2.19. The number of aryl methyl sites for hydroxylation is 2. The number of amides is 1. The van der Waals surface area contributed by atoms with E-state index in [1.807, 2.05) is 19.9 Å². The van der Waals surface area contributed by atoms with Gasteiger partial charge in [0.15, 0.2) is 0 Å². The van der Waals surface area contributed by atoms with Gasteiger partial charge in [0, 0.05) is 17.4 Å². The molecule has 0 aliphatic heterocycles. The number of nitrogens with zero attached hydrogens (tertiary/aromatic N) is 1. The summed E-state index contributed by atoms with van der Waals surface area (Å²) >= 11 is 3.07. The Hall–Kier alpha value is -1.04. The second-order valence-corrected chi connectivity index (χ2v) is 5.20. The Labute approximate surface area is 118 Å². The van der Waals surface area contributed by atoms with Gasteiger partial charge >= 0.3 is 6.18 Å². The number of rotatable bonds is 4. The van der Waals surface area contributed by atoms with Crippen LogP contribution in [0.2, 0.25) is 0 Å². The van der Waals surface area contributed by atoms with Crippen LogP contribution in [0.3, 0.4) is 0 Å². The number of carbonyl (C=O) groups is 1. The lowest BCUT2D eigenvalue weighted by Gasteiger charge is -2.23. The van der Waals surface area contributed by atoms with Gasteiger partial charge < -0.3 is 4.90 Å². The van der Waals surface area contributed by atoms with E-state index in [-0.39, 0.29) is 6.54 Å². The zero-order valence-corrected chi connectivity index (χ0v) is 12.3. The van der Waals surface area contributed by atoms with Gasteiger partial charge in [0.05, 0.1) is 0 Å². The van der Waals surface area contributed by atoms with Crippen molar-refractivity contribution >= 4 is 21.8 Å². The molecule has 106 valence electrons. The molecule has 0 saturated carbocycles. The molecule has 0 N–H and O–H groups in total. The number of benzene rings is 1. The van der Waals surface area contributed by atoms with Crippen molar-refractivity contribution in [3.63, 3.8) is 0 Å². The highest BCUT2D eigenvalue weighted by molar-refractivity contribution is 9.09. The van der Waals surface area contributed by atoms with E-state index in [9.17, 15) is 18.0 Å². The lowest BCUT2D eigenvalue weighted by molar-refractivity contribution is -0.140. The summed E-state index contributed by atoms with van der Waals surface area (Å²) in [4.78, 5) is 12.9. The van der Waals surface area contributed by atoms with Crippen LogP contribution in [0.15, 0.2) is 18.2 Å². The van der Waals surface area contributed by atoms with Crippen LogP contribution in [0.25, 0.3) is 0 Å². The molecule has 0 aliphatic rings. The summed E-state index contributed by atoms with van der Waals surface area (Å²) in [5, 5.41) is 0.305. The monoisotopic (exact) mass is 337 g/mol. The van der Waals surface area contributed by atoms with Gasteiger partial charge in [0.2, 0.25) is 0 Å². The topological polar surface area (TPSA) is 20.3 Å². The molecule has 1 amide bonds. The van der Waals surface area contributed by atoms with Crippen LogP contribution in [-0.4, -0.2) is 35.4 Å². The summed E-state index contributed by atoms with van der Waals surface area (Å²) in [6, 6.07) is 5.08. The second kappa shape index (κ2) is 6.41. The van der Waals surface area contributed by atoms with E-state index >= 15 is 0 Å². The summed E-state index contributed by atoms with van der Waals surface area (Å²) in [6.07, 6.45) is -4.39. The molecule has 0 saturated heterocycles. The zero-order chi connectivity index (χ0) is 14.6. The molecule has 2 nitrogen and oxygen atoms in total. The first-order chi connectivity index (χ1) is 8.73. The number of alkyl halides is 4. The largest absolute Gasteiger partial charge is 0.406 e. The fraction of sp³-hybridized carbons (Fsp3) is 0.462. The predicted octanol–water partition coefficient (Wildman–Crippen LogP) is 3.70. The third kappa shape index (κ3) is 5.22. The van der Waals surface area contributed by atoms with Crippen molar-refractivity contribution in [3.8, 4) is 0 Å². The molecule has 0 fully saturated rings. The van der Waals surface area contributed by atoms with Gasteiger partial charge in [-0.1, -0.05) is 33.1 Å². The Morgan fingerprint density at radius 1 is 1.21 bits per heavy atom. The minimum Gasteiger partial charge on any atom is -0.329 e. The summed E-state index contributed by atoms with van der Waals surface area (Å²) in [6.45, 7) is 2.40. The van der Waals surface area contributed by atoms with Gasteiger partial charge in [0.1, 0.15) is 6.54 Å². The van der Waals surface area contributed by atoms with Crippen molar-refractivity contribution in [2.45, 2.75) is 20.0 Å². The number of halogens is 4. The molecule has 0 spiro atoms. The number of hydrogen-bond acceptors (Lipinski definition) is 1. The Morgan fingerprint density at radius 3 is 2.16 bits per heavy atom. The van der Waals surface area contributed by atoms with Crippen LogP contribution < -0.4 is 0 Å². The van der Waals surface area contributed by atoms with Crippen molar-refractivity contribution in [1.82, 2.24) is 4.90 Å². The molecule has 0 heterocycles. The molecule has 1 rings (SSSR count). The van der Waals surface area contributed by atoms with Gasteiger partial charge in [-0.2, -0.15) is 13.2 Å². The summed E-state index contributed by atoms with van der Waals surface area (Å²) in [5.41, 5.74) is 2.01. The van der Waals surface area contributed by atoms with E-state index in [4.69, 9.17) is 0 Å². The highest BCUT2D eigenvalue weighted by Gasteiger charge is 2.33. The third-order valence-electron chi connectivity index (χ3n) is 2.48. The molecular formula is C13H15BrF3NO. The van der Waals surface area contributed by atoms with E-state index in [0.29, 0.717) is 10.9 Å². The minimum atomic E-state index is -4.39. The standard InChI is InChI=1S/C13H15BrF3NO/c1-9-5-10(2)7-11(6-9)12(19)18(4-3-14)8-13(15,16)17/h5-7H,3-4,8H2,1-2H3. The lowest BCUT2D eigenvalue weighted by Crippen LogP contribution is -2.40. The summed E-state index contributed by atoms with van der Waals surface area (Å²) in [7, 11) is 0. The van der Waals surface area contributed by atoms with Gasteiger partial charge in [-0.05, 0) is 26.0 Å². The molecule has 0 bridgehead atoms. The first kappa shape index (κ1) is 16.0. The first-order valence-electron chi connectivity index (χ1n) is 5.73. The SMILES string of the molecule is Cc1cc(C)cc(C(=O)N(CCBr)CC(F)(F)F)c1. The Bertz CT molecular complexity index is 439. The van der Waals surface area contributed by atoms with Crippen molar-refractivity contribution in [2.24, 2.45) is 0 Å². The Morgan fingerprint density at radius 2 is 1.74 bits per heavy atom. The third-order valence-corrected chi connectivity index (χ3v) is 2.84. The zero-order valence-electron chi connectivity index (χ0n) is 10.7. The van der Waals surface area contributed by atoms with Crippen LogP contribution in [0, 0.1) is 13.8 Å². The average Bonchev–Trinajstić information content (AvgIpc) is 2.24. The van der Waals surface area contributed by atoms with Crippen LogP contribution in [0.5, 0.6) is 0 Å². The van der Waals surface area contributed by atoms with Crippen molar-refractivity contribution in [3.05, 3.63) is 34.9 Å². The summed E-state index contributed by atoms with van der Waals surface area (Å²) < 4.78 is 37.4. The van der Waals surface area contributed by atoms with Crippen LogP contribution >= 0.6 is 15.9 Å². The molecule has 0 aromatic heterocycles. The first-order valence-corrected chi connectivity index (χ1v) is 6.85. The van der Waals surface area contributed by atoms with Crippen LogP contribution in [-0.2, 0) is 0 Å². The second-order valence-electron chi connectivity index (χ2n) is 4.41. The maximum atomic E-state index is 12.5. The maximum Gasteiger partial charge on any atom is 0.406 e. The van der Waals surface area contributed by atoms with Crippen molar-refractivity contribution < 1.29 is 18.0 Å². The van der Waals surface area contributed by atoms with Crippen molar-refractivity contribution in [1.29, 1.82) is 0 Å². The van der Waals surface area contributed by atoms with Crippen LogP contribution in [0.4, 0.5) is 13.2 Å². The van der Waals surface area contributed by atoms with E-state index in [1.165, 1.54) is 0 Å². The number of hydrogen-bond donors (Lipinski definition) is 0. The van der Waals surface area contributed by atoms with Crippen LogP contribution in [0.1, 0.15) is 21.5 Å². The van der Waals surface area contributed by atoms with Gasteiger partial charge in [-0.25, -0.2) is 0 Å². The molecule has 1 aromatic rings. The van der Waals surface area contributed by atoms with E-state index < -0.39 is 18.6 Å².